The van der Waals surface area contributed by atoms with Crippen LogP contribution in [0.4, 0.5) is 0 Å². The zero-order chi connectivity index (χ0) is 17.5. The number of aryl methyl sites for hydroxylation is 1. The maximum Gasteiger partial charge on any atom is 0.194 e. The molecule has 1 saturated heterocycles. The fourth-order valence-corrected chi connectivity index (χ4v) is 4.39. The predicted molar refractivity (Wildman–Crippen MR) is 123 cm³/mol. The molecule has 0 aliphatic carbocycles. The maximum atomic E-state index is 4.81. The Hall–Kier alpha value is -0.710. The Bertz CT molecular complexity index is 663. The van der Waals surface area contributed by atoms with Gasteiger partial charge in [-0.25, -0.2) is 9.98 Å². The van der Waals surface area contributed by atoms with Crippen LogP contribution in [0.1, 0.15) is 29.4 Å². The molecule has 8 heteroatoms. The summed E-state index contributed by atoms with van der Waals surface area (Å²) >= 11 is 3.58. The van der Waals surface area contributed by atoms with Crippen molar-refractivity contribution in [1.29, 1.82) is 0 Å². The molecular formula is C18H28IN5S2. The van der Waals surface area contributed by atoms with Gasteiger partial charge in [-0.3, -0.25) is 4.90 Å². The van der Waals surface area contributed by atoms with E-state index in [-0.39, 0.29) is 24.0 Å². The van der Waals surface area contributed by atoms with Crippen molar-refractivity contribution in [2.45, 2.75) is 33.4 Å². The van der Waals surface area contributed by atoms with Gasteiger partial charge in [0.1, 0.15) is 0 Å². The maximum absolute atomic E-state index is 4.81. The van der Waals surface area contributed by atoms with E-state index in [0.29, 0.717) is 6.54 Å². The van der Waals surface area contributed by atoms with Gasteiger partial charge in [0.2, 0.25) is 0 Å². The van der Waals surface area contributed by atoms with Gasteiger partial charge in [-0.05, 0) is 24.8 Å². The summed E-state index contributed by atoms with van der Waals surface area (Å²) in [4.78, 5) is 15.8. The number of aliphatic imine (C=N–C) groups is 1. The topological polar surface area (TPSA) is 43.8 Å². The van der Waals surface area contributed by atoms with E-state index in [4.69, 9.17) is 4.99 Å². The average Bonchev–Trinajstić information content (AvgIpc) is 3.31. The first-order chi connectivity index (χ1) is 12.3. The number of piperazine rings is 1. The lowest BCUT2D eigenvalue weighted by Gasteiger charge is -2.36. The summed E-state index contributed by atoms with van der Waals surface area (Å²) in [5.74, 6) is 1.02. The van der Waals surface area contributed by atoms with Gasteiger partial charge < -0.3 is 10.2 Å². The van der Waals surface area contributed by atoms with E-state index in [1.807, 2.05) is 11.3 Å². The lowest BCUT2D eigenvalue weighted by molar-refractivity contribution is 0.173. The third kappa shape index (κ3) is 6.17. The van der Waals surface area contributed by atoms with Crippen molar-refractivity contribution in [2.24, 2.45) is 4.99 Å². The number of thiophene rings is 1. The van der Waals surface area contributed by atoms with Crippen molar-refractivity contribution in [3.8, 4) is 0 Å². The molecule has 144 valence electrons. The van der Waals surface area contributed by atoms with Gasteiger partial charge in [-0.1, -0.05) is 13.0 Å². The van der Waals surface area contributed by atoms with Crippen LogP contribution in [-0.2, 0) is 19.5 Å². The number of hydrogen-bond donors (Lipinski definition) is 1. The van der Waals surface area contributed by atoms with Gasteiger partial charge in [0.15, 0.2) is 5.96 Å². The summed E-state index contributed by atoms with van der Waals surface area (Å²) in [7, 11) is 0. The number of nitrogens with zero attached hydrogens (tertiary/aromatic N) is 4. The summed E-state index contributed by atoms with van der Waals surface area (Å²) in [6, 6.07) is 4.36. The molecular weight excluding hydrogens is 477 g/mol. The number of thiazole rings is 1. The van der Waals surface area contributed by atoms with Crippen LogP contribution in [-0.4, -0.2) is 53.5 Å². The largest absolute Gasteiger partial charge is 0.357 e. The molecule has 0 spiro atoms. The number of guanidine groups is 1. The van der Waals surface area contributed by atoms with Gasteiger partial charge >= 0.3 is 0 Å². The Balaban J connectivity index is 0.00000243. The lowest BCUT2D eigenvalue weighted by Crippen LogP contribution is -2.52. The standard InChI is InChI=1S/C18H27N5S2.HI/c1-3-17-21-15(14-25-17)12-20-18(19-4-2)23-9-7-22(8-10-23)13-16-6-5-11-24-16;/h5-6,11,14H,3-4,7-10,12-13H2,1-2H3,(H,19,20);1H. The summed E-state index contributed by atoms with van der Waals surface area (Å²) in [5.41, 5.74) is 1.08. The SMILES string of the molecule is CCNC(=NCc1csc(CC)n1)N1CCN(Cc2cccs2)CC1.I. The van der Waals surface area contributed by atoms with Gasteiger partial charge in [-0.2, -0.15) is 0 Å². The average molecular weight is 505 g/mol. The number of halogens is 1. The van der Waals surface area contributed by atoms with E-state index >= 15 is 0 Å². The normalized spacial score (nSPS) is 15.8. The van der Waals surface area contributed by atoms with Crippen LogP contribution in [0.5, 0.6) is 0 Å². The van der Waals surface area contributed by atoms with Crippen LogP contribution in [0, 0.1) is 0 Å². The molecule has 1 aliphatic rings. The molecule has 0 aromatic carbocycles. The fourth-order valence-electron chi connectivity index (χ4n) is 2.91. The molecule has 3 heterocycles. The molecule has 1 aliphatic heterocycles. The van der Waals surface area contributed by atoms with Crippen molar-refractivity contribution in [3.63, 3.8) is 0 Å². The molecule has 0 saturated carbocycles. The molecule has 0 bridgehead atoms. The zero-order valence-corrected chi connectivity index (χ0v) is 19.4. The summed E-state index contributed by atoms with van der Waals surface area (Å²) in [6.07, 6.45) is 1.00. The van der Waals surface area contributed by atoms with Crippen LogP contribution >= 0.6 is 46.7 Å². The number of hydrogen-bond acceptors (Lipinski definition) is 5. The third-order valence-corrected chi connectivity index (χ3v) is 6.16. The van der Waals surface area contributed by atoms with Gasteiger partial charge in [0.25, 0.3) is 0 Å². The zero-order valence-electron chi connectivity index (χ0n) is 15.5. The van der Waals surface area contributed by atoms with E-state index in [1.165, 1.54) is 9.88 Å². The molecule has 26 heavy (non-hydrogen) atoms. The number of nitrogens with one attached hydrogen (secondary N) is 1. The molecule has 2 aromatic rings. The minimum atomic E-state index is 0. The summed E-state index contributed by atoms with van der Waals surface area (Å²) in [6.45, 7) is 11.1. The van der Waals surface area contributed by atoms with Crippen molar-refractivity contribution in [2.75, 3.05) is 32.7 Å². The van der Waals surface area contributed by atoms with E-state index in [0.717, 1.165) is 57.3 Å². The van der Waals surface area contributed by atoms with Gasteiger partial charge in [-0.15, -0.1) is 46.7 Å². The first-order valence-electron chi connectivity index (χ1n) is 8.99. The van der Waals surface area contributed by atoms with Crippen LogP contribution in [0.25, 0.3) is 0 Å². The van der Waals surface area contributed by atoms with Crippen molar-refractivity contribution in [3.05, 3.63) is 38.5 Å². The lowest BCUT2D eigenvalue weighted by atomic mass is 10.3. The first kappa shape index (κ1) is 21.6. The molecule has 1 fully saturated rings. The molecule has 1 N–H and O–H groups in total. The fraction of sp³-hybridized carbons (Fsp3) is 0.556. The highest BCUT2D eigenvalue weighted by atomic mass is 127. The van der Waals surface area contributed by atoms with Crippen LogP contribution in [0.2, 0.25) is 0 Å². The van der Waals surface area contributed by atoms with Crippen molar-refractivity contribution >= 4 is 52.6 Å². The molecule has 0 unspecified atom stereocenters. The number of rotatable bonds is 6. The van der Waals surface area contributed by atoms with Crippen LogP contribution < -0.4 is 5.32 Å². The van der Waals surface area contributed by atoms with E-state index in [9.17, 15) is 0 Å². The second kappa shape index (κ2) is 11.2. The number of aromatic nitrogens is 1. The Morgan fingerprint density at radius 3 is 2.65 bits per heavy atom. The summed E-state index contributed by atoms with van der Waals surface area (Å²) in [5, 5.41) is 8.92. The Morgan fingerprint density at radius 1 is 1.23 bits per heavy atom. The quantitative estimate of drug-likeness (QED) is 0.370. The van der Waals surface area contributed by atoms with Crippen LogP contribution in [0.15, 0.2) is 27.9 Å². The van der Waals surface area contributed by atoms with E-state index in [2.05, 4.69) is 56.8 Å². The van der Waals surface area contributed by atoms with Crippen LogP contribution in [0.3, 0.4) is 0 Å². The molecule has 0 radical (unpaired) electrons. The third-order valence-electron chi connectivity index (χ3n) is 4.26. The molecule has 0 amide bonds. The van der Waals surface area contributed by atoms with Crippen molar-refractivity contribution < 1.29 is 0 Å². The Kier molecular flexibility index (Phi) is 9.30. The molecule has 0 atom stereocenters. The minimum absolute atomic E-state index is 0. The predicted octanol–water partition coefficient (Wildman–Crippen LogP) is 3.67. The molecule has 5 nitrogen and oxygen atoms in total. The second-order valence-electron chi connectivity index (χ2n) is 6.10. The van der Waals surface area contributed by atoms with Gasteiger partial charge in [0.05, 0.1) is 17.2 Å². The highest BCUT2D eigenvalue weighted by Gasteiger charge is 2.19. The Morgan fingerprint density at radius 2 is 2.04 bits per heavy atom. The monoisotopic (exact) mass is 505 g/mol. The van der Waals surface area contributed by atoms with Crippen molar-refractivity contribution in [1.82, 2.24) is 20.1 Å². The summed E-state index contributed by atoms with van der Waals surface area (Å²) < 4.78 is 0. The molecule has 2 aromatic heterocycles. The van der Waals surface area contributed by atoms with E-state index < -0.39 is 0 Å². The first-order valence-corrected chi connectivity index (χ1v) is 10.8. The highest BCUT2D eigenvalue weighted by molar-refractivity contribution is 14.0. The Labute approximate surface area is 181 Å². The minimum Gasteiger partial charge on any atom is -0.357 e. The smallest absolute Gasteiger partial charge is 0.194 e. The second-order valence-corrected chi connectivity index (χ2v) is 8.07. The van der Waals surface area contributed by atoms with Gasteiger partial charge in [0, 0.05) is 49.5 Å². The molecule has 3 rings (SSSR count). The van der Waals surface area contributed by atoms with E-state index in [1.54, 1.807) is 11.3 Å². The highest BCUT2D eigenvalue weighted by Crippen LogP contribution is 2.14.